The number of nitrogens with zero attached hydrogens (tertiary/aromatic N) is 1. The molecule has 1 unspecified atom stereocenters. The molecule has 188 valence electrons. The van der Waals surface area contributed by atoms with E-state index >= 15 is 0 Å². The van der Waals surface area contributed by atoms with Gasteiger partial charge in [-0.05, 0) is 48.1 Å². The number of aliphatic hydroxyl groups is 1. The van der Waals surface area contributed by atoms with Gasteiger partial charge in [0.25, 0.3) is 5.91 Å². The molecule has 0 aliphatic heterocycles. The summed E-state index contributed by atoms with van der Waals surface area (Å²) in [4.78, 5) is 13.4. The average Bonchev–Trinajstić information content (AvgIpc) is 2.84. The number of amides is 1. The van der Waals surface area contributed by atoms with E-state index in [0.717, 1.165) is 42.5 Å². The van der Waals surface area contributed by atoms with E-state index in [2.05, 4.69) is 10.6 Å². The minimum atomic E-state index is -4.75. The Morgan fingerprint density at radius 3 is 2.49 bits per heavy atom. The lowest BCUT2D eigenvalue weighted by atomic mass is 9.73. The van der Waals surface area contributed by atoms with E-state index in [-0.39, 0.29) is 18.0 Å². The summed E-state index contributed by atoms with van der Waals surface area (Å²) in [7, 11) is 0. The smallest absolute Gasteiger partial charge is 0.379 e. The first-order chi connectivity index (χ1) is 16.7. The predicted octanol–water partition coefficient (Wildman–Crippen LogP) is 4.12. The second-order valence-electron chi connectivity index (χ2n) is 9.05. The van der Waals surface area contributed by atoms with Gasteiger partial charge in [0.2, 0.25) is 0 Å². The summed E-state index contributed by atoms with van der Waals surface area (Å²) >= 11 is 0. The van der Waals surface area contributed by atoms with E-state index in [0.29, 0.717) is 32.5 Å². The molecule has 35 heavy (non-hydrogen) atoms. The van der Waals surface area contributed by atoms with E-state index in [1.807, 2.05) is 24.3 Å². The Kier molecular flexibility index (Phi) is 8.89. The van der Waals surface area contributed by atoms with Gasteiger partial charge in [0.15, 0.2) is 0 Å². The van der Waals surface area contributed by atoms with Gasteiger partial charge in [0.1, 0.15) is 5.60 Å². The van der Waals surface area contributed by atoms with Crippen LogP contribution in [-0.4, -0.2) is 29.7 Å². The normalized spacial score (nSPS) is 16.3. The number of anilines is 1. The summed E-state index contributed by atoms with van der Waals surface area (Å²) < 4.78 is 40.2. The van der Waals surface area contributed by atoms with Gasteiger partial charge in [0, 0.05) is 31.7 Å². The third kappa shape index (κ3) is 6.82. The first kappa shape index (κ1) is 26.7. The van der Waals surface area contributed by atoms with Crippen LogP contribution in [0.4, 0.5) is 18.9 Å². The molecule has 3 rings (SSSR count). The topological polar surface area (TPSA) is 111 Å². The summed E-state index contributed by atoms with van der Waals surface area (Å²) in [5.74, 6) is -1.07. The number of rotatable bonds is 9. The number of nitrogens with two attached hydrogens (primary N) is 1. The van der Waals surface area contributed by atoms with Crippen LogP contribution < -0.4 is 16.4 Å². The standard InChI is InChI=1S/C26H31F3N4O2/c27-26(28,29)23-14-22(10-9-20(23)16-31)33-24(34)25(35,21-7-2-1-3-8-21)15-18-5-4-6-19(13-18)17-32-12-11-30/h4-6,9-10,13-14,21,32,35H,1-3,7-8,11-12,15,17,30H2,(H,33,34). The Bertz CT molecular complexity index is 1060. The Hall–Kier alpha value is -2.93. The van der Waals surface area contributed by atoms with Crippen LogP contribution in [0, 0.1) is 17.2 Å². The summed E-state index contributed by atoms with van der Waals surface area (Å²) in [6.45, 7) is 1.75. The molecule has 0 aromatic heterocycles. The van der Waals surface area contributed by atoms with Crippen molar-refractivity contribution in [2.75, 3.05) is 18.4 Å². The molecule has 1 fully saturated rings. The van der Waals surface area contributed by atoms with Gasteiger partial charge < -0.3 is 21.5 Å². The van der Waals surface area contributed by atoms with Gasteiger partial charge in [0.05, 0.1) is 17.2 Å². The molecule has 1 amide bonds. The van der Waals surface area contributed by atoms with Crippen molar-refractivity contribution in [3.05, 3.63) is 64.7 Å². The van der Waals surface area contributed by atoms with Gasteiger partial charge in [-0.3, -0.25) is 4.79 Å². The Morgan fingerprint density at radius 1 is 1.11 bits per heavy atom. The molecular weight excluding hydrogens is 457 g/mol. The van der Waals surface area contributed by atoms with Crippen molar-refractivity contribution in [3.8, 4) is 6.07 Å². The quantitative estimate of drug-likeness (QED) is 0.397. The summed E-state index contributed by atoms with van der Waals surface area (Å²) in [6, 6.07) is 12.1. The number of halogens is 3. The lowest BCUT2D eigenvalue weighted by Gasteiger charge is -2.37. The van der Waals surface area contributed by atoms with Crippen LogP contribution in [0.5, 0.6) is 0 Å². The lowest BCUT2D eigenvalue weighted by molar-refractivity contribution is -0.142. The molecule has 6 nitrogen and oxygen atoms in total. The minimum Gasteiger partial charge on any atom is -0.379 e. The van der Waals surface area contributed by atoms with Crippen LogP contribution in [0.3, 0.4) is 0 Å². The summed E-state index contributed by atoms with van der Waals surface area (Å²) in [5, 5.41) is 26.5. The maximum absolute atomic E-state index is 13.4. The molecule has 0 radical (unpaired) electrons. The SMILES string of the molecule is N#Cc1ccc(NC(=O)C(O)(Cc2cccc(CNCCN)c2)C2CCCCC2)cc1C(F)(F)F. The van der Waals surface area contributed by atoms with Crippen LogP contribution in [0.15, 0.2) is 42.5 Å². The molecule has 2 aromatic carbocycles. The zero-order valence-corrected chi connectivity index (χ0v) is 19.5. The van der Waals surface area contributed by atoms with Gasteiger partial charge in [-0.15, -0.1) is 0 Å². The summed E-state index contributed by atoms with van der Waals surface area (Å²) in [5.41, 5.74) is 3.68. The van der Waals surface area contributed by atoms with Gasteiger partial charge in [-0.2, -0.15) is 18.4 Å². The molecule has 9 heteroatoms. The number of hydrogen-bond acceptors (Lipinski definition) is 5. The predicted molar refractivity (Wildman–Crippen MR) is 127 cm³/mol. The highest BCUT2D eigenvalue weighted by Gasteiger charge is 2.44. The van der Waals surface area contributed by atoms with Crippen molar-refractivity contribution < 1.29 is 23.1 Å². The minimum absolute atomic E-state index is 0.0383. The molecule has 1 saturated carbocycles. The Labute approximate surface area is 203 Å². The van der Waals surface area contributed by atoms with Crippen molar-refractivity contribution in [1.82, 2.24) is 5.32 Å². The Balaban J connectivity index is 1.88. The summed E-state index contributed by atoms with van der Waals surface area (Å²) in [6.07, 6.45) is -0.635. The largest absolute Gasteiger partial charge is 0.417 e. The highest BCUT2D eigenvalue weighted by atomic mass is 19.4. The van der Waals surface area contributed by atoms with Crippen LogP contribution in [0.2, 0.25) is 0 Å². The van der Waals surface area contributed by atoms with Crippen LogP contribution in [-0.2, 0) is 23.9 Å². The molecule has 0 heterocycles. The number of nitrogens with one attached hydrogen (secondary N) is 2. The Morgan fingerprint density at radius 2 is 1.83 bits per heavy atom. The van der Waals surface area contributed by atoms with Crippen LogP contribution in [0.1, 0.15) is 54.4 Å². The maximum atomic E-state index is 13.4. The monoisotopic (exact) mass is 488 g/mol. The number of hydrogen-bond donors (Lipinski definition) is 4. The molecular formula is C26H31F3N4O2. The molecule has 0 bridgehead atoms. The fraction of sp³-hybridized carbons (Fsp3) is 0.462. The van der Waals surface area contributed by atoms with E-state index < -0.39 is 28.8 Å². The number of carbonyl (C=O) groups is 1. The third-order valence-electron chi connectivity index (χ3n) is 6.49. The molecule has 1 aliphatic rings. The highest BCUT2D eigenvalue weighted by Crippen LogP contribution is 2.37. The number of nitriles is 1. The highest BCUT2D eigenvalue weighted by molar-refractivity contribution is 5.97. The van der Waals surface area contributed by atoms with Gasteiger partial charge in [-0.1, -0.05) is 43.5 Å². The van der Waals surface area contributed by atoms with E-state index in [9.17, 15) is 23.1 Å². The number of benzene rings is 2. The molecule has 1 aliphatic carbocycles. The fourth-order valence-electron chi connectivity index (χ4n) is 4.68. The van der Waals surface area contributed by atoms with Crippen molar-refractivity contribution in [2.24, 2.45) is 11.7 Å². The number of alkyl halides is 3. The molecule has 5 N–H and O–H groups in total. The molecule has 2 aromatic rings. The van der Waals surface area contributed by atoms with E-state index in [1.54, 1.807) is 0 Å². The zero-order chi connectivity index (χ0) is 25.5. The average molecular weight is 489 g/mol. The third-order valence-corrected chi connectivity index (χ3v) is 6.49. The number of carbonyl (C=O) groups excluding carboxylic acids is 1. The first-order valence-electron chi connectivity index (χ1n) is 11.8. The van der Waals surface area contributed by atoms with Crippen LogP contribution in [0.25, 0.3) is 0 Å². The van der Waals surface area contributed by atoms with Crippen molar-refractivity contribution in [1.29, 1.82) is 5.26 Å². The maximum Gasteiger partial charge on any atom is 0.417 e. The lowest BCUT2D eigenvalue weighted by Crippen LogP contribution is -2.51. The van der Waals surface area contributed by atoms with Crippen molar-refractivity contribution in [3.63, 3.8) is 0 Å². The van der Waals surface area contributed by atoms with Crippen molar-refractivity contribution >= 4 is 11.6 Å². The zero-order valence-electron chi connectivity index (χ0n) is 19.5. The second kappa shape index (κ2) is 11.7. The van der Waals surface area contributed by atoms with Crippen LogP contribution >= 0.6 is 0 Å². The molecule has 0 spiro atoms. The van der Waals surface area contributed by atoms with Gasteiger partial charge in [-0.25, -0.2) is 0 Å². The molecule has 1 atom stereocenters. The van der Waals surface area contributed by atoms with Gasteiger partial charge >= 0.3 is 6.18 Å². The van der Waals surface area contributed by atoms with E-state index in [4.69, 9.17) is 11.0 Å². The first-order valence-corrected chi connectivity index (χ1v) is 11.8. The fourth-order valence-corrected chi connectivity index (χ4v) is 4.68. The van der Waals surface area contributed by atoms with Crippen molar-refractivity contribution in [2.45, 2.75) is 56.8 Å². The second-order valence-corrected chi connectivity index (χ2v) is 9.05. The molecule has 0 saturated heterocycles. The van der Waals surface area contributed by atoms with E-state index in [1.165, 1.54) is 12.1 Å².